The third kappa shape index (κ3) is 3.72. The Morgan fingerprint density at radius 1 is 1.29 bits per heavy atom. The van der Waals surface area contributed by atoms with Crippen LogP contribution in [0.15, 0.2) is 28.7 Å². The molecule has 0 aliphatic rings. The van der Waals surface area contributed by atoms with E-state index in [9.17, 15) is 8.78 Å². The van der Waals surface area contributed by atoms with Gasteiger partial charge in [0.2, 0.25) is 0 Å². The molecular weight excluding hydrogens is 252 g/mol. The van der Waals surface area contributed by atoms with Crippen molar-refractivity contribution in [3.05, 3.63) is 34.3 Å². The molecule has 0 bridgehead atoms. The molecule has 0 aromatic heterocycles. The van der Waals surface area contributed by atoms with Crippen molar-refractivity contribution in [2.45, 2.75) is 25.9 Å². The van der Waals surface area contributed by atoms with Gasteiger partial charge < -0.3 is 5.32 Å². The first-order valence-electron chi connectivity index (χ1n) is 4.35. The van der Waals surface area contributed by atoms with Gasteiger partial charge in [0.1, 0.15) is 0 Å². The second-order valence-electron chi connectivity index (χ2n) is 3.13. The molecular formula is C10H12BrF2N. The largest absolute Gasteiger partial charge is 0.305 e. The molecule has 4 heteroatoms. The predicted octanol–water partition coefficient (Wildman–Crippen LogP) is 3.19. The first-order valence-corrected chi connectivity index (χ1v) is 5.15. The highest BCUT2D eigenvalue weighted by Crippen LogP contribution is 2.10. The minimum atomic E-state index is -2.31. The van der Waals surface area contributed by atoms with Crippen molar-refractivity contribution in [2.75, 3.05) is 0 Å². The number of rotatable bonds is 4. The Morgan fingerprint density at radius 2 is 1.86 bits per heavy atom. The Balaban J connectivity index is 2.42. The highest BCUT2D eigenvalue weighted by atomic mass is 79.9. The summed E-state index contributed by atoms with van der Waals surface area (Å²) in [5.74, 6) is 0. The molecule has 14 heavy (non-hydrogen) atoms. The van der Waals surface area contributed by atoms with Crippen LogP contribution < -0.4 is 5.32 Å². The maximum absolute atomic E-state index is 12.1. The minimum Gasteiger partial charge on any atom is -0.305 e. The van der Waals surface area contributed by atoms with E-state index in [1.807, 2.05) is 24.3 Å². The molecule has 0 radical (unpaired) electrons. The lowest BCUT2D eigenvalue weighted by Gasteiger charge is -2.12. The molecule has 1 aromatic carbocycles. The lowest BCUT2D eigenvalue weighted by molar-refractivity contribution is 0.105. The summed E-state index contributed by atoms with van der Waals surface area (Å²) in [6, 6.07) is 6.82. The van der Waals surface area contributed by atoms with E-state index < -0.39 is 12.5 Å². The van der Waals surface area contributed by atoms with E-state index in [0.29, 0.717) is 6.54 Å². The van der Waals surface area contributed by atoms with E-state index in [-0.39, 0.29) is 0 Å². The van der Waals surface area contributed by atoms with Gasteiger partial charge in [-0.25, -0.2) is 8.78 Å². The number of alkyl halides is 2. The smallest absolute Gasteiger partial charge is 0.253 e. The zero-order valence-electron chi connectivity index (χ0n) is 7.81. The Kier molecular flexibility index (Phi) is 4.48. The SMILES string of the molecule is CC(NCc1ccc(Br)cc1)C(F)F. The molecule has 0 aliphatic carbocycles. The predicted molar refractivity (Wildman–Crippen MR) is 56.4 cm³/mol. The molecule has 78 valence electrons. The average Bonchev–Trinajstić information content (AvgIpc) is 2.16. The molecule has 0 heterocycles. The van der Waals surface area contributed by atoms with Gasteiger partial charge in [-0.3, -0.25) is 0 Å². The third-order valence-electron chi connectivity index (χ3n) is 1.92. The normalized spacial score (nSPS) is 13.2. The highest BCUT2D eigenvalue weighted by molar-refractivity contribution is 9.10. The lowest BCUT2D eigenvalue weighted by Crippen LogP contribution is -2.31. The van der Waals surface area contributed by atoms with Crippen LogP contribution in [0.3, 0.4) is 0 Å². The number of nitrogens with one attached hydrogen (secondary N) is 1. The van der Waals surface area contributed by atoms with E-state index >= 15 is 0 Å². The van der Waals surface area contributed by atoms with E-state index in [1.54, 1.807) is 0 Å². The van der Waals surface area contributed by atoms with Crippen molar-refractivity contribution in [1.82, 2.24) is 5.32 Å². The molecule has 1 atom stereocenters. The molecule has 0 aliphatic heterocycles. The van der Waals surface area contributed by atoms with Crippen molar-refractivity contribution in [2.24, 2.45) is 0 Å². The van der Waals surface area contributed by atoms with Crippen molar-refractivity contribution in [3.63, 3.8) is 0 Å². The van der Waals surface area contributed by atoms with Gasteiger partial charge in [-0.2, -0.15) is 0 Å². The standard InChI is InChI=1S/C10H12BrF2N/c1-7(10(12)13)14-6-8-2-4-9(11)5-3-8/h2-5,7,10,14H,6H2,1H3. The second-order valence-corrected chi connectivity index (χ2v) is 4.05. The van der Waals surface area contributed by atoms with Crippen LogP contribution in [0, 0.1) is 0 Å². The minimum absolute atomic E-state index is 0.471. The summed E-state index contributed by atoms with van der Waals surface area (Å²) in [4.78, 5) is 0. The van der Waals surface area contributed by atoms with Crippen molar-refractivity contribution >= 4 is 15.9 Å². The van der Waals surface area contributed by atoms with Gasteiger partial charge in [-0.1, -0.05) is 28.1 Å². The number of hydrogen-bond donors (Lipinski definition) is 1. The van der Waals surface area contributed by atoms with Gasteiger partial charge in [0.05, 0.1) is 6.04 Å². The van der Waals surface area contributed by atoms with Gasteiger partial charge in [0.25, 0.3) is 6.43 Å². The lowest BCUT2D eigenvalue weighted by atomic mass is 10.2. The highest BCUT2D eigenvalue weighted by Gasteiger charge is 2.12. The van der Waals surface area contributed by atoms with Gasteiger partial charge in [-0.05, 0) is 24.6 Å². The van der Waals surface area contributed by atoms with Crippen LogP contribution in [0.4, 0.5) is 8.78 Å². The fraction of sp³-hybridized carbons (Fsp3) is 0.400. The number of hydrogen-bond acceptors (Lipinski definition) is 1. The molecule has 0 fully saturated rings. The van der Waals surface area contributed by atoms with Gasteiger partial charge in [0.15, 0.2) is 0 Å². The Hall–Kier alpha value is -0.480. The topological polar surface area (TPSA) is 12.0 Å². The Morgan fingerprint density at radius 3 is 2.36 bits per heavy atom. The van der Waals surface area contributed by atoms with Gasteiger partial charge >= 0.3 is 0 Å². The van der Waals surface area contributed by atoms with Crippen LogP contribution in [0.5, 0.6) is 0 Å². The monoisotopic (exact) mass is 263 g/mol. The van der Waals surface area contributed by atoms with E-state index in [0.717, 1.165) is 10.0 Å². The summed E-state index contributed by atoms with van der Waals surface area (Å²) < 4.78 is 25.2. The number of halogens is 3. The summed E-state index contributed by atoms with van der Waals surface area (Å²) in [7, 11) is 0. The maximum Gasteiger partial charge on any atom is 0.253 e. The third-order valence-corrected chi connectivity index (χ3v) is 2.45. The molecule has 1 aromatic rings. The van der Waals surface area contributed by atoms with Crippen LogP contribution >= 0.6 is 15.9 Å². The molecule has 1 unspecified atom stereocenters. The summed E-state index contributed by atoms with van der Waals surface area (Å²) in [5.41, 5.74) is 1.00. The molecule has 1 N–H and O–H groups in total. The van der Waals surface area contributed by atoms with Crippen molar-refractivity contribution in [1.29, 1.82) is 0 Å². The second kappa shape index (κ2) is 5.41. The Bertz CT molecular complexity index is 274. The molecule has 0 saturated carbocycles. The first-order chi connectivity index (χ1) is 6.59. The Labute approximate surface area is 90.6 Å². The first kappa shape index (κ1) is 11.6. The summed E-state index contributed by atoms with van der Waals surface area (Å²) in [5, 5.41) is 2.75. The van der Waals surface area contributed by atoms with E-state index in [4.69, 9.17) is 0 Å². The van der Waals surface area contributed by atoms with Crippen LogP contribution in [-0.4, -0.2) is 12.5 Å². The van der Waals surface area contributed by atoms with Crippen molar-refractivity contribution < 1.29 is 8.78 Å². The van der Waals surface area contributed by atoms with E-state index in [1.165, 1.54) is 6.92 Å². The molecule has 0 saturated heterocycles. The van der Waals surface area contributed by atoms with Crippen LogP contribution in [0.2, 0.25) is 0 Å². The van der Waals surface area contributed by atoms with Crippen LogP contribution in [0.25, 0.3) is 0 Å². The van der Waals surface area contributed by atoms with Crippen molar-refractivity contribution in [3.8, 4) is 0 Å². The molecule has 0 amide bonds. The molecule has 1 rings (SSSR count). The zero-order chi connectivity index (χ0) is 10.6. The fourth-order valence-electron chi connectivity index (χ4n) is 0.970. The average molecular weight is 264 g/mol. The summed E-state index contributed by atoms with van der Waals surface area (Å²) in [6.07, 6.45) is -2.31. The quantitative estimate of drug-likeness (QED) is 0.880. The van der Waals surface area contributed by atoms with Crippen LogP contribution in [0.1, 0.15) is 12.5 Å². The van der Waals surface area contributed by atoms with Gasteiger partial charge in [-0.15, -0.1) is 0 Å². The number of benzene rings is 1. The zero-order valence-corrected chi connectivity index (χ0v) is 9.39. The fourth-order valence-corrected chi connectivity index (χ4v) is 1.23. The molecule has 1 nitrogen and oxygen atoms in total. The summed E-state index contributed by atoms with van der Waals surface area (Å²) >= 11 is 3.31. The molecule has 0 spiro atoms. The maximum atomic E-state index is 12.1. The summed E-state index contributed by atoms with van der Waals surface area (Å²) in [6.45, 7) is 1.95. The van der Waals surface area contributed by atoms with Gasteiger partial charge in [0, 0.05) is 11.0 Å². The van der Waals surface area contributed by atoms with E-state index in [2.05, 4.69) is 21.2 Å². The van der Waals surface area contributed by atoms with Crippen LogP contribution in [-0.2, 0) is 6.54 Å².